The molecule has 1 aromatic heterocycles. The van der Waals surface area contributed by atoms with Crippen LogP contribution in [0.25, 0.3) is 0 Å². The zero-order valence-electron chi connectivity index (χ0n) is 13.2. The first-order chi connectivity index (χ1) is 9.93. The summed E-state index contributed by atoms with van der Waals surface area (Å²) in [4.78, 5) is 19.4. The first-order valence-electron chi connectivity index (χ1n) is 7.72. The Bertz CT molecular complexity index is 498. The molecule has 1 fully saturated rings. The number of hydrogen-bond donors (Lipinski definition) is 2. The summed E-state index contributed by atoms with van der Waals surface area (Å²) in [5, 5.41) is 3.94. The van der Waals surface area contributed by atoms with E-state index in [1.807, 2.05) is 4.90 Å². The number of nitrogens with two attached hydrogens (primary N) is 1. The lowest BCUT2D eigenvalue weighted by atomic mass is 9.85. The lowest BCUT2D eigenvalue weighted by Gasteiger charge is -2.23. The predicted molar refractivity (Wildman–Crippen MR) is 88.8 cm³/mol. The molecule has 6 heteroatoms. The monoisotopic (exact) mass is 310 g/mol. The van der Waals surface area contributed by atoms with Crippen molar-refractivity contribution in [2.24, 2.45) is 5.41 Å². The van der Waals surface area contributed by atoms with Gasteiger partial charge in [-0.2, -0.15) is 0 Å². The molecule has 0 radical (unpaired) electrons. The van der Waals surface area contributed by atoms with Gasteiger partial charge in [-0.15, -0.1) is 0 Å². The highest BCUT2D eigenvalue weighted by Crippen LogP contribution is 2.32. The molecule has 1 saturated heterocycles. The second-order valence-electron chi connectivity index (χ2n) is 6.47. The summed E-state index contributed by atoms with van der Waals surface area (Å²) < 4.78 is 0. The number of thiazole rings is 1. The van der Waals surface area contributed by atoms with Gasteiger partial charge in [-0.25, -0.2) is 4.98 Å². The van der Waals surface area contributed by atoms with Gasteiger partial charge in [0.2, 0.25) is 0 Å². The molecule has 118 valence electrons. The zero-order chi connectivity index (χ0) is 15.5. The lowest BCUT2D eigenvalue weighted by Crippen LogP contribution is -2.32. The zero-order valence-corrected chi connectivity index (χ0v) is 14.1. The van der Waals surface area contributed by atoms with Gasteiger partial charge in [0.25, 0.3) is 5.91 Å². The number of nitrogen functional groups attached to an aromatic ring is 1. The molecule has 0 aromatic carbocycles. The van der Waals surface area contributed by atoms with Gasteiger partial charge in [-0.3, -0.25) is 4.79 Å². The van der Waals surface area contributed by atoms with E-state index in [0.717, 1.165) is 50.4 Å². The molecule has 0 atom stereocenters. The Morgan fingerprint density at radius 3 is 2.90 bits per heavy atom. The number of carbonyl (C=O) groups excluding carboxylic acids is 1. The molecule has 1 amide bonds. The van der Waals surface area contributed by atoms with Crippen molar-refractivity contribution in [1.29, 1.82) is 0 Å². The number of nitrogens with one attached hydrogen (secondary N) is 1. The summed E-state index contributed by atoms with van der Waals surface area (Å²) in [6, 6.07) is 0. The van der Waals surface area contributed by atoms with Crippen LogP contribution in [0.4, 0.5) is 10.9 Å². The summed E-state index contributed by atoms with van der Waals surface area (Å²) in [6.45, 7) is 9.11. The number of likely N-dealkylation sites (tertiary alicyclic amines) is 1. The number of amides is 1. The SMILES string of the molecule is CCCNc1nc(N)c(C(=O)N2CCCC(C)(C)CC2)s1. The molecule has 1 aromatic rings. The summed E-state index contributed by atoms with van der Waals surface area (Å²) in [6.07, 6.45) is 4.28. The molecule has 2 heterocycles. The van der Waals surface area contributed by atoms with Crippen molar-refractivity contribution in [2.45, 2.75) is 46.5 Å². The Kier molecular flexibility index (Phi) is 5.08. The highest BCUT2D eigenvalue weighted by atomic mass is 32.1. The molecule has 5 nitrogen and oxygen atoms in total. The molecule has 0 unspecified atom stereocenters. The fourth-order valence-corrected chi connectivity index (χ4v) is 3.44. The van der Waals surface area contributed by atoms with Crippen LogP contribution in [0.1, 0.15) is 56.1 Å². The Morgan fingerprint density at radius 1 is 1.43 bits per heavy atom. The van der Waals surface area contributed by atoms with Crippen LogP contribution < -0.4 is 11.1 Å². The molecule has 0 bridgehead atoms. The van der Waals surface area contributed by atoms with E-state index in [-0.39, 0.29) is 5.91 Å². The number of hydrogen-bond acceptors (Lipinski definition) is 5. The van der Waals surface area contributed by atoms with Crippen molar-refractivity contribution in [3.05, 3.63) is 4.88 Å². The lowest BCUT2D eigenvalue weighted by molar-refractivity contribution is 0.0763. The maximum Gasteiger partial charge on any atom is 0.267 e. The molecule has 0 spiro atoms. The van der Waals surface area contributed by atoms with Gasteiger partial charge in [0.1, 0.15) is 10.7 Å². The summed E-state index contributed by atoms with van der Waals surface area (Å²) in [7, 11) is 0. The van der Waals surface area contributed by atoms with E-state index in [1.54, 1.807) is 0 Å². The number of rotatable bonds is 4. The van der Waals surface area contributed by atoms with Crippen molar-refractivity contribution in [2.75, 3.05) is 30.7 Å². The van der Waals surface area contributed by atoms with Crippen LogP contribution in [0.2, 0.25) is 0 Å². The topological polar surface area (TPSA) is 71.2 Å². The van der Waals surface area contributed by atoms with Crippen LogP contribution in [0.3, 0.4) is 0 Å². The van der Waals surface area contributed by atoms with Gasteiger partial charge in [-0.1, -0.05) is 32.1 Å². The van der Waals surface area contributed by atoms with E-state index in [4.69, 9.17) is 5.73 Å². The van der Waals surface area contributed by atoms with Crippen molar-refractivity contribution in [3.63, 3.8) is 0 Å². The molecule has 0 aliphatic carbocycles. The predicted octanol–water partition coefficient (Wildman–Crippen LogP) is 3.20. The number of nitrogens with zero attached hydrogens (tertiary/aromatic N) is 2. The Hall–Kier alpha value is -1.30. The molecule has 0 saturated carbocycles. The number of aromatic nitrogens is 1. The first kappa shape index (κ1) is 16.1. The van der Waals surface area contributed by atoms with E-state index in [1.165, 1.54) is 11.3 Å². The molecule has 2 rings (SSSR count). The number of carbonyl (C=O) groups is 1. The van der Waals surface area contributed by atoms with E-state index < -0.39 is 0 Å². The van der Waals surface area contributed by atoms with E-state index >= 15 is 0 Å². The average Bonchev–Trinajstić information content (AvgIpc) is 2.70. The highest BCUT2D eigenvalue weighted by Gasteiger charge is 2.28. The summed E-state index contributed by atoms with van der Waals surface area (Å²) in [5.74, 6) is 0.388. The second kappa shape index (κ2) is 6.64. The Morgan fingerprint density at radius 2 is 2.19 bits per heavy atom. The van der Waals surface area contributed by atoms with E-state index in [9.17, 15) is 4.79 Å². The van der Waals surface area contributed by atoms with Crippen LogP contribution in [-0.4, -0.2) is 35.4 Å². The molecule has 21 heavy (non-hydrogen) atoms. The average molecular weight is 310 g/mol. The van der Waals surface area contributed by atoms with Crippen molar-refractivity contribution in [3.8, 4) is 0 Å². The maximum absolute atomic E-state index is 12.7. The normalized spacial score (nSPS) is 18.3. The molecular weight excluding hydrogens is 284 g/mol. The van der Waals surface area contributed by atoms with Crippen LogP contribution in [0.5, 0.6) is 0 Å². The van der Waals surface area contributed by atoms with E-state index in [2.05, 4.69) is 31.1 Å². The molecule has 1 aliphatic rings. The van der Waals surface area contributed by atoms with Crippen LogP contribution >= 0.6 is 11.3 Å². The summed E-state index contributed by atoms with van der Waals surface area (Å²) in [5.41, 5.74) is 6.25. The van der Waals surface area contributed by atoms with Gasteiger partial charge in [0, 0.05) is 19.6 Å². The third kappa shape index (κ3) is 4.09. The minimum Gasteiger partial charge on any atom is -0.382 e. The highest BCUT2D eigenvalue weighted by molar-refractivity contribution is 7.18. The molecule has 1 aliphatic heterocycles. The van der Waals surface area contributed by atoms with Crippen LogP contribution in [0.15, 0.2) is 0 Å². The smallest absolute Gasteiger partial charge is 0.267 e. The Balaban J connectivity index is 2.07. The number of anilines is 2. The van der Waals surface area contributed by atoms with Gasteiger partial charge in [-0.05, 0) is 31.1 Å². The Labute approximate surface area is 130 Å². The van der Waals surface area contributed by atoms with Crippen LogP contribution in [-0.2, 0) is 0 Å². The summed E-state index contributed by atoms with van der Waals surface area (Å²) >= 11 is 1.37. The quantitative estimate of drug-likeness (QED) is 0.896. The fraction of sp³-hybridized carbons (Fsp3) is 0.733. The van der Waals surface area contributed by atoms with Gasteiger partial charge < -0.3 is 16.0 Å². The third-order valence-corrected chi connectivity index (χ3v) is 5.02. The first-order valence-corrected chi connectivity index (χ1v) is 8.54. The van der Waals surface area contributed by atoms with Crippen molar-refractivity contribution in [1.82, 2.24) is 9.88 Å². The van der Waals surface area contributed by atoms with Crippen molar-refractivity contribution >= 4 is 28.2 Å². The second-order valence-corrected chi connectivity index (χ2v) is 7.47. The minimum absolute atomic E-state index is 0.0345. The minimum atomic E-state index is 0.0345. The van der Waals surface area contributed by atoms with E-state index in [0.29, 0.717) is 16.1 Å². The van der Waals surface area contributed by atoms with Gasteiger partial charge in [0.15, 0.2) is 5.13 Å². The molecular formula is C15H26N4OS. The maximum atomic E-state index is 12.7. The van der Waals surface area contributed by atoms with Crippen LogP contribution in [0, 0.1) is 5.41 Å². The largest absolute Gasteiger partial charge is 0.382 e. The van der Waals surface area contributed by atoms with Crippen molar-refractivity contribution < 1.29 is 4.79 Å². The van der Waals surface area contributed by atoms with Gasteiger partial charge in [0.05, 0.1) is 0 Å². The fourth-order valence-electron chi connectivity index (χ4n) is 2.56. The third-order valence-electron chi connectivity index (χ3n) is 4.00. The molecule has 3 N–H and O–H groups in total. The van der Waals surface area contributed by atoms with Gasteiger partial charge >= 0.3 is 0 Å². The standard InChI is InChI=1S/C15H26N4OS/c1-4-8-17-14-18-12(16)11(21-14)13(20)19-9-5-6-15(2,3)7-10-19/h4-10,16H2,1-3H3,(H,17,18).